The van der Waals surface area contributed by atoms with Crippen LogP contribution in [0.25, 0.3) is 6.08 Å². The van der Waals surface area contributed by atoms with Crippen LogP contribution in [0.5, 0.6) is 0 Å². The normalized spacial score (nSPS) is 15.8. The smallest absolute Gasteiger partial charge is 0.00915 e. The molecule has 0 aliphatic heterocycles. The lowest BCUT2D eigenvalue weighted by Crippen LogP contribution is -1.80. The van der Waals surface area contributed by atoms with E-state index in [1.807, 2.05) is 36.4 Å². The maximum absolute atomic E-state index is 3.63. The Labute approximate surface area is 109 Å². The molecule has 3 rings (SSSR count). The number of hydrogen-bond donors (Lipinski definition) is 0. The van der Waals surface area contributed by atoms with Crippen LogP contribution < -0.4 is 0 Å². The van der Waals surface area contributed by atoms with Gasteiger partial charge >= 0.3 is 0 Å². The first-order valence-electron chi connectivity index (χ1n) is 6.29. The van der Waals surface area contributed by atoms with Crippen molar-refractivity contribution in [2.75, 3.05) is 0 Å². The third-order valence-electron chi connectivity index (χ3n) is 2.99. The summed E-state index contributed by atoms with van der Waals surface area (Å²) in [6.45, 7) is 3.63. The number of rotatable bonds is 2. The Bertz CT molecular complexity index is 482. The molecule has 0 heteroatoms. The molecule has 0 amide bonds. The molecular weight excluding hydrogens is 216 g/mol. The minimum absolute atomic E-state index is 1.13. The van der Waals surface area contributed by atoms with E-state index < -0.39 is 0 Å². The molecule has 0 unspecified atom stereocenters. The lowest BCUT2D eigenvalue weighted by atomic mass is 10.1. The van der Waals surface area contributed by atoms with E-state index in [2.05, 4.69) is 43.0 Å². The molecule has 2 aliphatic rings. The fourth-order valence-corrected chi connectivity index (χ4v) is 1.96. The summed E-state index contributed by atoms with van der Waals surface area (Å²) in [6, 6.07) is 10.0. The van der Waals surface area contributed by atoms with Gasteiger partial charge in [0.15, 0.2) is 0 Å². The van der Waals surface area contributed by atoms with Crippen molar-refractivity contribution in [3.63, 3.8) is 0 Å². The topological polar surface area (TPSA) is 0 Å². The van der Waals surface area contributed by atoms with Gasteiger partial charge in [-0.1, -0.05) is 79.4 Å². The average Bonchev–Trinajstić information content (AvgIpc) is 3.12. The molecule has 0 saturated carbocycles. The first kappa shape index (κ1) is 12.4. The SMILES string of the molecule is C1=CCC(C2=CC=CC2)=C1.C=Cc1ccccc1. The summed E-state index contributed by atoms with van der Waals surface area (Å²) in [5.74, 6) is 0. The van der Waals surface area contributed by atoms with Gasteiger partial charge in [-0.25, -0.2) is 0 Å². The largest absolute Gasteiger partial charge is 0.0985 e. The van der Waals surface area contributed by atoms with Crippen molar-refractivity contribution in [2.45, 2.75) is 12.8 Å². The Hall–Kier alpha value is -2.08. The summed E-state index contributed by atoms with van der Waals surface area (Å²) >= 11 is 0. The van der Waals surface area contributed by atoms with Gasteiger partial charge in [-0.15, -0.1) is 0 Å². The van der Waals surface area contributed by atoms with Crippen LogP contribution in [0.4, 0.5) is 0 Å². The number of allylic oxidation sites excluding steroid dienone is 8. The van der Waals surface area contributed by atoms with Crippen molar-refractivity contribution >= 4 is 6.08 Å². The minimum atomic E-state index is 1.13. The van der Waals surface area contributed by atoms with Crippen molar-refractivity contribution in [2.24, 2.45) is 0 Å². The van der Waals surface area contributed by atoms with Crippen LogP contribution in [0.2, 0.25) is 0 Å². The molecule has 1 aromatic carbocycles. The van der Waals surface area contributed by atoms with Gasteiger partial charge in [0.1, 0.15) is 0 Å². The Balaban J connectivity index is 0.000000138. The van der Waals surface area contributed by atoms with Gasteiger partial charge in [-0.3, -0.25) is 0 Å². The molecule has 0 spiro atoms. The molecule has 1 aromatic rings. The van der Waals surface area contributed by atoms with Crippen molar-refractivity contribution in [3.8, 4) is 0 Å². The second-order valence-electron chi connectivity index (χ2n) is 4.26. The summed E-state index contributed by atoms with van der Waals surface area (Å²) in [7, 11) is 0. The highest BCUT2D eigenvalue weighted by Gasteiger charge is 2.05. The average molecular weight is 234 g/mol. The summed E-state index contributed by atoms with van der Waals surface area (Å²) in [5, 5.41) is 0. The molecule has 18 heavy (non-hydrogen) atoms. The van der Waals surface area contributed by atoms with Crippen LogP contribution in [0, 0.1) is 0 Å². The van der Waals surface area contributed by atoms with Crippen LogP contribution >= 0.6 is 0 Å². The molecule has 0 aromatic heterocycles. The lowest BCUT2D eigenvalue weighted by Gasteiger charge is -1.99. The van der Waals surface area contributed by atoms with Crippen LogP contribution in [-0.2, 0) is 0 Å². The molecule has 0 radical (unpaired) electrons. The standard InChI is InChI=1S/C10H10.C8H8/c1-2-6-9(5-1)10-7-3-4-8-10;1-2-8-6-4-3-5-7-8/h1-5,7H,6,8H2;2-7H,1H2. The third-order valence-corrected chi connectivity index (χ3v) is 2.99. The zero-order valence-electron chi connectivity index (χ0n) is 10.5. The quantitative estimate of drug-likeness (QED) is 0.668. The number of benzene rings is 1. The minimum Gasteiger partial charge on any atom is -0.0985 e. The molecule has 0 saturated heterocycles. The lowest BCUT2D eigenvalue weighted by molar-refractivity contribution is 1.18. The second-order valence-corrected chi connectivity index (χ2v) is 4.26. The van der Waals surface area contributed by atoms with E-state index in [0.717, 1.165) is 12.8 Å². The van der Waals surface area contributed by atoms with E-state index in [1.54, 1.807) is 0 Å². The van der Waals surface area contributed by atoms with E-state index in [4.69, 9.17) is 0 Å². The maximum atomic E-state index is 3.63. The number of hydrogen-bond acceptors (Lipinski definition) is 0. The molecule has 0 N–H and O–H groups in total. The molecular formula is C18H18. The fourth-order valence-electron chi connectivity index (χ4n) is 1.96. The summed E-state index contributed by atoms with van der Waals surface area (Å²) < 4.78 is 0. The summed E-state index contributed by atoms with van der Waals surface area (Å²) in [6.07, 6.45) is 17.2. The first-order chi connectivity index (χ1) is 8.90. The molecule has 0 atom stereocenters. The van der Waals surface area contributed by atoms with Crippen LogP contribution in [0.3, 0.4) is 0 Å². The molecule has 90 valence electrons. The zero-order chi connectivity index (χ0) is 12.6. The molecule has 2 aliphatic carbocycles. The Kier molecular flexibility index (Phi) is 4.54. The highest BCUT2D eigenvalue weighted by molar-refractivity contribution is 5.46. The first-order valence-corrected chi connectivity index (χ1v) is 6.29. The van der Waals surface area contributed by atoms with Crippen LogP contribution in [-0.4, -0.2) is 0 Å². The summed E-state index contributed by atoms with van der Waals surface area (Å²) in [5.41, 5.74) is 4.16. The van der Waals surface area contributed by atoms with Crippen LogP contribution in [0.1, 0.15) is 18.4 Å². The van der Waals surface area contributed by atoms with Crippen molar-refractivity contribution in [1.82, 2.24) is 0 Å². The van der Waals surface area contributed by atoms with E-state index in [0.29, 0.717) is 0 Å². The Morgan fingerprint density at radius 1 is 0.833 bits per heavy atom. The zero-order valence-corrected chi connectivity index (χ0v) is 10.5. The highest BCUT2D eigenvalue weighted by atomic mass is 14.1. The Morgan fingerprint density at radius 3 is 1.72 bits per heavy atom. The van der Waals surface area contributed by atoms with Crippen molar-refractivity contribution in [1.29, 1.82) is 0 Å². The van der Waals surface area contributed by atoms with Crippen molar-refractivity contribution in [3.05, 3.63) is 90.1 Å². The van der Waals surface area contributed by atoms with Gasteiger partial charge in [0.25, 0.3) is 0 Å². The second kappa shape index (κ2) is 6.61. The van der Waals surface area contributed by atoms with E-state index in [9.17, 15) is 0 Å². The molecule has 0 bridgehead atoms. The Morgan fingerprint density at radius 2 is 1.39 bits per heavy atom. The van der Waals surface area contributed by atoms with Gasteiger partial charge in [0.2, 0.25) is 0 Å². The maximum Gasteiger partial charge on any atom is -0.00915 e. The molecule has 0 heterocycles. The van der Waals surface area contributed by atoms with Gasteiger partial charge in [0.05, 0.1) is 0 Å². The van der Waals surface area contributed by atoms with Crippen molar-refractivity contribution < 1.29 is 0 Å². The van der Waals surface area contributed by atoms with E-state index >= 15 is 0 Å². The predicted molar refractivity (Wildman–Crippen MR) is 80.2 cm³/mol. The molecule has 0 fully saturated rings. The van der Waals surface area contributed by atoms with Gasteiger partial charge in [-0.2, -0.15) is 0 Å². The molecule has 0 nitrogen and oxygen atoms in total. The monoisotopic (exact) mass is 234 g/mol. The highest BCUT2D eigenvalue weighted by Crippen LogP contribution is 2.25. The van der Waals surface area contributed by atoms with E-state index in [-0.39, 0.29) is 0 Å². The predicted octanol–water partition coefficient (Wildman–Crippen LogP) is 5.09. The van der Waals surface area contributed by atoms with Gasteiger partial charge in [-0.05, 0) is 29.6 Å². The fraction of sp³-hybridized carbons (Fsp3) is 0.111. The summed E-state index contributed by atoms with van der Waals surface area (Å²) in [4.78, 5) is 0. The van der Waals surface area contributed by atoms with E-state index in [1.165, 1.54) is 16.7 Å². The van der Waals surface area contributed by atoms with Gasteiger partial charge in [0, 0.05) is 0 Å². The van der Waals surface area contributed by atoms with Crippen LogP contribution in [0.15, 0.2) is 84.5 Å². The van der Waals surface area contributed by atoms with Gasteiger partial charge < -0.3 is 0 Å². The third kappa shape index (κ3) is 3.46.